The van der Waals surface area contributed by atoms with Gasteiger partial charge in [0.25, 0.3) is 5.91 Å². The topological polar surface area (TPSA) is 102 Å². The number of ketones is 1. The minimum absolute atomic E-state index is 0.0385. The zero-order valence-corrected chi connectivity index (χ0v) is 19.8. The molecule has 180 valence electrons. The molecule has 2 aromatic rings. The summed E-state index contributed by atoms with van der Waals surface area (Å²) in [7, 11) is 0. The molecule has 8 nitrogen and oxygen atoms in total. The summed E-state index contributed by atoms with van der Waals surface area (Å²) < 4.78 is 10.9. The first-order valence-corrected chi connectivity index (χ1v) is 11.6. The number of nitrogens with one attached hydrogen (secondary N) is 1. The Morgan fingerprint density at radius 1 is 1.06 bits per heavy atom. The van der Waals surface area contributed by atoms with Gasteiger partial charge < -0.3 is 14.8 Å². The Morgan fingerprint density at radius 3 is 2.59 bits per heavy atom. The van der Waals surface area contributed by atoms with E-state index in [1.54, 1.807) is 43.3 Å². The average Bonchev–Trinajstić information content (AvgIpc) is 2.82. The van der Waals surface area contributed by atoms with E-state index in [2.05, 4.69) is 5.32 Å². The standard InChI is InChI=1S/C26H30N2O6/c1-4-6-13-33-26(32)19-9-7-10-20(14-19)27-24(30)16-28-21-15-18(22(29)8-5-2)11-12-23(21)34-17(3)25(28)31/h7,9-12,14-15,17H,4-6,8,13,16H2,1-3H3,(H,27,30). The second kappa shape index (κ2) is 11.4. The first kappa shape index (κ1) is 25.0. The maximum absolute atomic E-state index is 12.8. The number of nitrogens with zero attached hydrogens (tertiary/aromatic N) is 1. The molecule has 34 heavy (non-hydrogen) atoms. The molecule has 8 heteroatoms. The number of fused-ring (bicyclic) bond motifs is 1. The Balaban J connectivity index is 1.75. The van der Waals surface area contributed by atoms with Crippen molar-refractivity contribution in [1.82, 2.24) is 0 Å². The van der Waals surface area contributed by atoms with Crippen LogP contribution in [-0.2, 0) is 14.3 Å². The Hall–Kier alpha value is -3.68. The van der Waals surface area contributed by atoms with Crippen LogP contribution in [0, 0.1) is 0 Å². The van der Waals surface area contributed by atoms with E-state index in [0.717, 1.165) is 12.8 Å². The van der Waals surface area contributed by atoms with E-state index in [1.165, 1.54) is 11.0 Å². The van der Waals surface area contributed by atoms with Gasteiger partial charge in [-0.2, -0.15) is 0 Å². The van der Waals surface area contributed by atoms with Crippen molar-refractivity contribution in [2.24, 2.45) is 0 Å². The molecule has 1 N–H and O–H groups in total. The monoisotopic (exact) mass is 466 g/mol. The zero-order valence-electron chi connectivity index (χ0n) is 19.8. The van der Waals surface area contributed by atoms with Gasteiger partial charge in [0.15, 0.2) is 11.9 Å². The van der Waals surface area contributed by atoms with Crippen LogP contribution >= 0.6 is 0 Å². The van der Waals surface area contributed by atoms with Gasteiger partial charge in [0.1, 0.15) is 12.3 Å². The van der Waals surface area contributed by atoms with E-state index in [-0.39, 0.29) is 18.2 Å². The maximum Gasteiger partial charge on any atom is 0.338 e. The molecule has 0 fully saturated rings. The van der Waals surface area contributed by atoms with Crippen LogP contribution in [0.15, 0.2) is 42.5 Å². The first-order valence-electron chi connectivity index (χ1n) is 11.6. The summed E-state index contributed by atoms with van der Waals surface area (Å²) in [5, 5.41) is 2.73. The summed E-state index contributed by atoms with van der Waals surface area (Å²) in [5.41, 5.74) is 1.59. The summed E-state index contributed by atoms with van der Waals surface area (Å²) in [6.07, 6.45) is 2.03. The van der Waals surface area contributed by atoms with Gasteiger partial charge in [0, 0.05) is 17.7 Å². The summed E-state index contributed by atoms with van der Waals surface area (Å²) >= 11 is 0. The molecule has 0 aliphatic carbocycles. The number of carbonyl (C=O) groups is 4. The first-order chi connectivity index (χ1) is 16.3. The predicted molar refractivity (Wildman–Crippen MR) is 128 cm³/mol. The minimum Gasteiger partial charge on any atom is -0.479 e. The fourth-order valence-corrected chi connectivity index (χ4v) is 3.58. The lowest BCUT2D eigenvalue weighted by Crippen LogP contribution is -2.47. The number of rotatable bonds is 10. The van der Waals surface area contributed by atoms with Gasteiger partial charge >= 0.3 is 5.97 Å². The van der Waals surface area contributed by atoms with Crippen molar-refractivity contribution in [3.8, 4) is 5.75 Å². The van der Waals surface area contributed by atoms with Gasteiger partial charge in [0.2, 0.25) is 5.91 Å². The van der Waals surface area contributed by atoms with Gasteiger partial charge in [-0.3, -0.25) is 19.3 Å². The van der Waals surface area contributed by atoms with Gasteiger partial charge in [-0.15, -0.1) is 0 Å². The maximum atomic E-state index is 12.8. The van der Waals surface area contributed by atoms with Crippen LogP contribution in [0.1, 0.15) is 67.2 Å². The van der Waals surface area contributed by atoms with E-state index < -0.39 is 18.0 Å². The molecule has 0 spiro atoms. The van der Waals surface area contributed by atoms with Crippen LogP contribution in [0.5, 0.6) is 5.75 Å². The Labute approximate surface area is 199 Å². The second-order valence-corrected chi connectivity index (χ2v) is 8.16. The van der Waals surface area contributed by atoms with Crippen molar-refractivity contribution >= 4 is 34.9 Å². The largest absolute Gasteiger partial charge is 0.479 e. The highest BCUT2D eigenvalue weighted by Gasteiger charge is 2.33. The van der Waals surface area contributed by atoms with Gasteiger partial charge in [0.05, 0.1) is 17.9 Å². The molecule has 0 saturated carbocycles. The highest BCUT2D eigenvalue weighted by Crippen LogP contribution is 2.35. The molecule has 0 bridgehead atoms. The van der Waals surface area contributed by atoms with E-state index in [4.69, 9.17) is 9.47 Å². The van der Waals surface area contributed by atoms with Crippen molar-refractivity contribution in [3.05, 3.63) is 53.6 Å². The number of hydrogen-bond acceptors (Lipinski definition) is 6. The van der Waals surface area contributed by atoms with Crippen LogP contribution in [0.25, 0.3) is 0 Å². The summed E-state index contributed by atoms with van der Waals surface area (Å²) in [6.45, 7) is 5.61. The van der Waals surface area contributed by atoms with Crippen LogP contribution in [-0.4, -0.2) is 42.8 Å². The van der Waals surface area contributed by atoms with Gasteiger partial charge in [-0.05, 0) is 56.2 Å². The number of benzene rings is 2. The average molecular weight is 467 g/mol. The molecule has 2 amide bonds. The van der Waals surface area contributed by atoms with Crippen molar-refractivity contribution in [2.45, 2.75) is 52.6 Å². The number of carbonyl (C=O) groups excluding carboxylic acids is 4. The Kier molecular flexibility index (Phi) is 8.40. The highest BCUT2D eigenvalue weighted by atomic mass is 16.5. The predicted octanol–water partition coefficient (Wildman–Crippen LogP) is 4.38. The lowest BCUT2D eigenvalue weighted by Gasteiger charge is -2.32. The smallest absolute Gasteiger partial charge is 0.338 e. The lowest BCUT2D eigenvalue weighted by molar-refractivity contribution is -0.127. The molecule has 0 aromatic heterocycles. The fraction of sp³-hybridized carbons (Fsp3) is 0.385. The molecule has 1 aliphatic heterocycles. The molecule has 1 aliphatic rings. The Bertz CT molecular complexity index is 1080. The van der Waals surface area contributed by atoms with E-state index in [9.17, 15) is 19.2 Å². The number of amides is 2. The molecule has 2 aromatic carbocycles. The highest BCUT2D eigenvalue weighted by molar-refractivity contribution is 6.07. The van der Waals surface area contributed by atoms with Crippen LogP contribution < -0.4 is 15.0 Å². The normalized spacial score (nSPS) is 14.7. The number of unbranched alkanes of at least 4 members (excludes halogenated alkanes) is 1. The summed E-state index contributed by atoms with van der Waals surface area (Å²) in [5.74, 6) is -0.890. The van der Waals surface area contributed by atoms with Crippen LogP contribution in [0.4, 0.5) is 11.4 Å². The lowest BCUT2D eigenvalue weighted by atomic mass is 10.0. The quantitative estimate of drug-likeness (QED) is 0.317. The molecule has 1 atom stereocenters. The molecule has 0 saturated heterocycles. The molecular formula is C26H30N2O6. The van der Waals surface area contributed by atoms with Gasteiger partial charge in [-0.25, -0.2) is 4.79 Å². The molecule has 1 unspecified atom stereocenters. The van der Waals surface area contributed by atoms with Gasteiger partial charge in [-0.1, -0.05) is 26.3 Å². The number of Topliss-reactive ketones (excluding diaryl/α,β-unsaturated/α-hetero) is 1. The number of ether oxygens (including phenoxy) is 2. The fourth-order valence-electron chi connectivity index (χ4n) is 3.58. The van der Waals surface area contributed by atoms with Crippen molar-refractivity contribution in [3.63, 3.8) is 0 Å². The van der Waals surface area contributed by atoms with E-state index in [0.29, 0.717) is 47.7 Å². The number of hydrogen-bond donors (Lipinski definition) is 1. The molecule has 1 heterocycles. The summed E-state index contributed by atoms with van der Waals surface area (Å²) in [4.78, 5) is 51.5. The van der Waals surface area contributed by atoms with E-state index in [1.807, 2.05) is 13.8 Å². The van der Waals surface area contributed by atoms with E-state index >= 15 is 0 Å². The number of esters is 1. The molecule has 0 radical (unpaired) electrons. The second-order valence-electron chi connectivity index (χ2n) is 8.16. The Morgan fingerprint density at radius 2 is 1.85 bits per heavy atom. The third kappa shape index (κ3) is 6.01. The third-order valence-electron chi connectivity index (χ3n) is 5.38. The number of anilines is 2. The SMILES string of the molecule is CCCCOC(=O)c1cccc(NC(=O)CN2C(=O)C(C)Oc3ccc(C(=O)CCC)cc32)c1. The van der Waals surface area contributed by atoms with Crippen molar-refractivity contribution < 1.29 is 28.7 Å². The molecular weight excluding hydrogens is 436 g/mol. The minimum atomic E-state index is -0.765. The van der Waals surface area contributed by atoms with Crippen molar-refractivity contribution in [1.29, 1.82) is 0 Å². The summed E-state index contributed by atoms with van der Waals surface area (Å²) in [6, 6.07) is 11.4. The van der Waals surface area contributed by atoms with Crippen molar-refractivity contribution in [2.75, 3.05) is 23.4 Å². The van der Waals surface area contributed by atoms with Crippen LogP contribution in [0.2, 0.25) is 0 Å². The zero-order chi connectivity index (χ0) is 24.7. The third-order valence-corrected chi connectivity index (χ3v) is 5.38. The molecule has 3 rings (SSSR count). The van der Waals surface area contributed by atoms with Crippen LogP contribution in [0.3, 0.4) is 0 Å².